The first-order valence-corrected chi connectivity index (χ1v) is 11.9. The maximum absolute atomic E-state index is 13.0. The van der Waals surface area contributed by atoms with E-state index in [1.807, 2.05) is 38.1 Å². The minimum Gasteiger partial charge on any atom is -0.497 e. The molecular formula is C23H30N2O5S. The van der Waals surface area contributed by atoms with Gasteiger partial charge in [-0.05, 0) is 68.7 Å². The number of amides is 1. The van der Waals surface area contributed by atoms with Gasteiger partial charge in [-0.15, -0.1) is 0 Å². The lowest BCUT2D eigenvalue weighted by Crippen LogP contribution is -2.45. The second-order valence-electron chi connectivity index (χ2n) is 7.91. The van der Waals surface area contributed by atoms with Crippen LogP contribution >= 0.6 is 0 Å². The average Bonchev–Trinajstić information content (AvgIpc) is 2.77. The summed E-state index contributed by atoms with van der Waals surface area (Å²) in [7, 11) is -2.12. The van der Waals surface area contributed by atoms with Crippen LogP contribution in [0.3, 0.4) is 0 Å². The first-order valence-electron chi connectivity index (χ1n) is 10.5. The van der Waals surface area contributed by atoms with Crippen molar-refractivity contribution in [1.29, 1.82) is 0 Å². The predicted octanol–water partition coefficient (Wildman–Crippen LogP) is 3.20. The maximum atomic E-state index is 13.0. The number of rotatable bonds is 8. The van der Waals surface area contributed by atoms with Gasteiger partial charge in [0.15, 0.2) is 0 Å². The number of ether oxygens (including phenoxy) is 2. The molecule has 1 N–H and O–H groups in total. The van der Waals surface area contributed by atoms with E-state index in [0.717, 1.165) is 11.3 Å². The van der Waals surface area contributed by atoms with E-state index < -0.39 is 10.0 Å². The van der Waals surface area contributed by atoms with Crippen molar-refractivity contribution in [3.05, 3.63) is 54.1 Å². The number of benzene rings is 2. The lowest BCUT2D eigenvalue weighted by molar-refractivity contribution is -0.126. The minimum absolute atomic E-state index is 0.0747. The molecule has 7 nitrogen and oxygen atoms in total. The molecule has 0 radical (unpaired) electrons. The van der Waals surface area contributed by atoms with Gasteiger partial charge in [0.25, 0.3) is 0 Å². The van der Waals surface area contributed by atoms with E-state index in [0.29, 0.717) is 31.7 Å². The van der Waals surface area contributed by atoms with E-state index in [2.05, 4.69) is 5.32 Å². The Kier molecular flexibility index (Phi) is 7.56. The highest BCUT2D eigenvalue weighted by Crippen LogP contribution is 2.25. The molecule has 1 aliphatic rings. The van der Waals surface area contributed by atoms with Gasteiger partial charge in [-0.2, -0.15) is 4.31 Å². The molecule has 31 heavy (non-hydrogen) atoms. The van der Waals surface area contributed by atoms with Crippen molar-refractivity contribution in [2.75, 3.05) is 20.2 Å². The lowest BCUT2D eigenvalue weighted by atomic mass is 9.99. The van der Waals surface area contributed by atoms with Crippen LogP contribution in [0.5, 0.6) is 11.5 Å². The molecule has 3 rings (SSSR count). The monoisotopic (exact) mass is 446 g/mol. The van der Waals surface area contributed by atoms with Crippen molar-refractivity contribution in [2.45, 2.75) is 44.2 Å². The SMILES string of the molecule is COc1ccc(S(=O)(=O)N2CCCC(C(=O)NCc3cccc(OC(C)C)c3)C2)cc1. The number of carbonyl (C=O) groups is 1. The van der Waals surface area contributed by atoms with Crippen LogP contribution in [0.25, 0.3) is 0 Å². The highest BCUT2D eigenvalue weighted by Gasteiger charge is 2.33. The Hall–Kier alpha value is -2.58. The summed E-state index contributed by atoms with van der Waals surface area (Å²) in [6, 6.07) is 13.9. The number of sulfonamides is 1. The van der Waals surface area contributed by atoms with Crippen molar-refractivity contribution < 1.29 is 22.7 Å². The molecule has 0 aliphatic carbocycles. The summed E-state index contributed by atoms with van der Waals surface area (Å²) in [5, 5.41) is 2.94. The number of carbonyl (C=O) groups excluding carboxylic acids is 1. The van der Waals surface area contributed by atoms with Gasteiger partial charge in [0, 0.05) is 19.6 Å². The minimum atomic E-state index is -3.66. The van der Waals surface area contributed by atoms with E-state index in [1.54, 1.807) is 12.1 Å². The smallest absolute Gasteiger partial charge is 0.243 e. The van der Waals surface area contributed by atoms with Gasteiger partial charge in [0.05, 0.1) is 24.0 Å². The Morgan fingerprint density at radius 1 is 1.16 bits per heavy atom. The van der Waals surface area contributed by atoms with Gasteiger partial charge in [-0.1, -0.05) is 12.1 Å². The fraction of sp³-hybridized carbons (Fsp3) is 0.435. The van der Waals surface area contributed by atoms with E-state index in [9.17, 15) is 13.2 Å². The van der Waals surface area contributed by atoms with Crippen LogP contribution in [0.1, 0.15) is 32.3 Å². The third-order valence-electron chi connectivity index (χ3n) is 5.19. The van der Waals surface area contributed by atoms with E-state index >= 15 is 0 Å². The molecule has 1 atom stereocenters. The molecule has 1 heterocycles. The summed E-state index contributed by atoms with van der Waals surface area (Å²) >= 11 is 0. The molecule has 0 spiro atoms. The Morgan fingerprint density at radius 3 is 2.58 bits per heavy atom. The van der Waals surface area contributed by atoms with Crippen LogP contribution < -0.4 is 14.8 Å². The lowest BCUT2D eigenvalue weighted by Gasteiger charge is -2.31. The summed E-state index contributed by atoms with van der Waals surface area (Å²) < 4.78 is 38.2. The fourth-order valence-corrected chi connectivity index (χ4v) is 5.13. The molecule has 1 fully saturated rings. The standard InChI is InChI=1S/C23H30N2O5S/c1-17(2)30-21-8-4-6-18(14-21)15-24-23(26)19-7-5-13-25(16-19)31(27,28)22-11-9-20(29-3)10-12-22/h4,6,8-12,14,17,19H,5,7,13,15-16H2,1-3H3,(H,24,26). The van der Waals surface area contributed by atoms with Crippen molar-refractivity contribution in [3.8, 4) is 11.5 Å². The molecule has 8 heteroatoms. The maximum Gasteiger partial charge on any atom is 0.243 e. The average molecular weight is 447 g/mol. The van der Waals surface area contributed by atoms with Gasteiger partial charge >= 0.3 is 0 Å². The molecule has 1 aliphatic heterocycles. The Labute approximate surface area is 184 Å². The largest absolute Gasteiger partial charge is 0.497 e. The highest BCUT2D eigenvalue weighted by molar-refractivity contribution is 7.89. The topological polar surface area (TPSA) is 84.9 Å². The molecule has 2 aromatic rings. The molecule has 1 amide bonds. The molecule has 1 saturated heterocycles. The van der Waals surface area contributed by atoms with E-state index in [4.69, 9.17) is 9.47 Å². The number of nitrogens with one attached hydrogen (secondary N) is 1. The third-order valence-corrected chi connectivity index (χ3v) is 7.07. The van der Waals surface area contributed by atoms with Crippen LogP contribution in [-0.2, 0) is 21.4 Å². The van der Waals surface area contributed by atoms with Gasteiger partial charge in [-0.25, -0.2) is 8.42 Å². The summed E-state index contributed by atoms with van der Waals surface area (Å²) in [5.41, 5.74) is 0.935. The Balaban J connectivity index is 1.61. The highest BCUT2D eigenvalue weighted by atomic mass is 32.2. The number of hydrogen-bond donors (Lipinski definition) is 1. The number of hydrogen-bond acceptors (Lipinski definition) is 5. The van der Waals surface area contributed by atoms with Crippen molar-refractivity contribution >= 4 is 15.9 Å². The van der Waals surface area contributed by atoms with Crippen LogP contribution in [0.15, 0.2) is 53.4 Å². The Morgan fingerprint density at radius 2 is 1.90 bits per heavy atom. The number of piperidine rings is 1. The molecule has 168 valence electrons. The number of nitrogens with zero attached hydrogens (tertiary/aromatic N) is 1. The molecular weight excluding hydrogens is 416 g/mol. The van der Waals surface area contributed by atoms with E-state index in [-0.39, 0.29) is 29.4 Å². The van der Waals surface area contributed by atoms with Crippen molar-refractivity contribution in [2.24, 2.45) is 5.92 Å². The van der Waals surface area contributed by atoms with Crippen molar-refractivity contribution in [1.82, 2.24) is 9.62 Å². The third kappa shape index (κ3) is 5.98. The molecule has 2 aromatic carbocycles. The molecule has 0 bridgehead atoms. The summed E-state index contributed by atoms with van der Waals surface area (Å²) in [4.78, 5) is 13.0. The van der Waals surface area contributed by atoms with Gasteiger partial charge in [-0.3, -0.25) is 4.79 Å². The first-order chi connectivity index (χ1) is 14.8. The first kappa shape index (κ1) is 23.1. The Bertz CT molecular complexity index is 989. The second-order valence-corrected chi connectivity index (χ2v) is 9.85. The summed E-state index contributed by atoms with van der Waals surface area (Å²) in [6.45, 7) is 4.88. The van der Waals surface area contributed by atoms with Gasteiger partial charge < -0.3 is 14.8 Å². The predicted molar refractivity (Wildman–Crippen MR) is 119 cm³/mol. The second kappa shape index (κ2) is 10.2. The zero-order valence-corrected chi connectivity index (χ0v) is 19.0. The van der Waals surface area contributed by atoms with Crippen molar-refractivity contribution in [3.63, 3.8) is 0 Å². The van der Waals surface area contributed by atoms with E-state index in [1.165, 1.54) is 23.5 Å². The van der Waals surface area contributed by atoms with Crippen LogP contribution in [-0.4, -0.2) is 44.9 Å². The number of methoxy groups -OCH3 is 1. The molecule has 0 aromatic heterocycles. The summed E-state index contributed by atoms with van der Waals surface area (Å²) in [5.74, 6) is 0.843. The van der Waals surface area contributed by atoms with Crippen LogP contribution in [0, 0.1) is 5.92 Å². The normalized spacial score (nSPS) is 17.4. The quantitative estimate of drug-likeness (QED) is 0.673. The van der Waals surface area contributed by atoms with Crippen LogP contribution in [0.2, 0.25) is 0 Å². The summed E-state index contributed by atoms with van der Waals surface area (Å²) in [6.07, 6.45) is 1.38. The fourth-order valence-electron chi connectivity index (χ4n) is 3.61. The van der Waals surface area contributed by atoms with Crippen LogP contribution in [0.4, 0.5) is 0 Å². The van der Waals surface area contributed by atoms with Gasteiger partial charge in [0.2, 0.25) is 15.9 Å². The molecule has 0 saturated carbocycles. The van der Waals surface area contributed by atoms with Gasteiger partial charge in [0.1, 0.15) is 11.5 Å². The zero-order valence-electron chi connectivity index (χ0n) is 18.2. The molecule has 1 unspecified atom stereocenters. The zero-order chi connectivity index (χ0) is 22.4.